The van der Waals surface area contributed by atoms with Crippen LogP contribution in [0.5, 0.6) is 0 Å². The van der Waals surface area contributed by atoms with Gasteiger partial charge in [-0.05, 0) is 44.2 Å². The van der Waals surface area contributed by atoms with E-state index in [1.807, 2.05) is 6.07 Å². The van der Waals surface area contributed by atoms with E-state index in [9.17, 15) is 14.9 Å². The molecule has 0 N–H and O–H groups in total. The topological polar surface area (TPSA) is 63.5 Å². The maximum Gasteiger partial charge on any atom is 0.282 e. The van der Waals surface area contributed by atoms with Crippen molar-refractivity contribution in [2.24, 2.45) is 11.8 Å². The molecule has 5 nitrogen and oxygen atoms in total. The van der Waals surface area contributed by atoms with E-state index in [0.717, 1.165) is 12.2 Å². The van der Waals surface area contributed by atoms with Crippen LogP contribution in [0.25, 0.3) is 0 Å². The molecule has 3 unspecified atom stereocenters. The molecule has 5 heteroatoms. The Bertz CT molecular complexity index is 571. The highest BCUT2D eigenvalue weighted by Crippen LogP contribution is 2.34. The van der Waals surface area contributed by atoms with Gasteiger partial charge in [-0.25, -0.2) is 0 Å². The molecule has 1 aliphatic heterocycles. The smallest absolute Gasteiger partial charge is 0.282 e. The summed E-state index contributed by atoms with van der Waals surface area (Å²) in [6.07, 6.45) is 1.17. The maximum atomic E-state index is 11.5. The lowest BCUT2D eigenvalue weighted by Crippen LogP contribution is -2.45. The molecular weight excluding hydrogens is 268 g/mol. The molecule has 21 heavy (non-hydrogen) atoms. The SMILES string of the molecule is CC(=O)c1ccc(N2CC(C)CC(C)C2C)cc1[N+](=O)[O-]. The van der Waals surface area contributed by atoms with Gasteiger partial charge in [-0.15, -0.1) is 0 Å². The summed E-state index contributed by atoms with van der Waals surface area (Å²) in [7, 11) is 0. The van der Waals surface area contributed by atoms with Crippen LogP contribution >= 0.6 is 0 Å². The Morgan fingerprint density at radius 3 is 2.57 bits per heavy atom. The number of ketones is 1. The first-order valence-corrected chi connectivity index (χ1v) is 7.37. The molecule has 0 radical (unpaired) electrons. The minimum atomic E-state index is -0.471. The Balaban J connectivity index is 2.42. The second-order valence-electron chi connectivity index (χ2n) is 6.23. The summed E-state index contributed by atoms with van der Waals surface area (Å²) in [5.41, 5.74) is 0.908. The van der Waals surface area contributed by atoms with Gasteiger partial charge in [0, 0.05) is 24.3 Å². The van der Waals surface area contributed by atoms with Gasteiger partial charge in [0.05, 0.1) is 10.5 Å². The maximum absolute atomic E-state index is 11.5. The van der Waals surface area contributed by atoms with Crippen LogP contribution in [0.3, 0.4) is 0 Å². The van der Waals surface area contributed by atoms with Gasteiger partial charge < -0.3 is 4.90 Å². The Hall–Kier alpha value is -1.91. The van der Waals surface area contributed by atoms with Gasteiger partial charge in [0.1, 0.15) is 0 Å². The third-order valence-corrected chi connectivity index (χ3v) is 4.49. The first kappa shape index (κ1) is 15.5. The lowest BCUT2D eigenvalue weighted by molar-refractivity contribution is -0.385. The van der Waals surface area contributed by atoms with Crippen molar-refractivity contribution in [1.82, 2.24) is 0 Å². The van der Waals surface area contributed by atoms with Gasteiger partial charge in [-0.3, -0.25) is 14.9 Å². The number of carbonyl (C=O) groups excluding carboxylic acids is 1. The predicted octanol–water partition coefficient (Wildman–Crippen LogP) is 3.67. The lowest BCUT2D eigenvalue weighted by Gasteiger charge is -2.42. The molecule has 1 heterocycles. The van der Waals surface area contributed by atoms with Crippen molar-refractivity contribution >= 4 is 17.2 Å². The summed E-state index contributed by atoms with van der Waals surface area (Å²) in [6.45, 7) is 8.82. The van der Waals surface area contributed by atoms with Crippen molar-refractivity contribution in [1.29, 1.82) is 0 Å². The second kappa shape index (κ2) is 5.84. The van der Waals surface area contributed by atoms with Gasteiger partial charge in [0.15, 0.2) is 5.78 Å². The highest BCUT2D eigenvalue weighted by Gasteiger charge is 2.30. The number of piperidine rings is 1. The van der Waals surface area contributed by atoms with Gasteiger partial charge in [-0.2, -0.15) is 0 Å². The fraction of sp³-hybridized carbons (Fsp3) is 0.562. The van der Waals surface area contributed by atoms with E-state index in [0.29, 0.717) is 17.9 Å². The normalized spacial score (nSPS) is 25.7. The van der Waals surface area contributed by atoms with Crippen LogP contribution < -0.4 is 4.90 Å². The number of hydrogen-bond acceptors (Lipinski definition) is 4. The molecule has 1 saturated heterocycles. The summed E-state index contributed by atoms with van der Waals surface area (Å²) in [5, 5.41) is 11.2. The third kappa shape index (κ3) is 3.06. The van der Waals surface area contributed by atoms with Crippen molar-refractivity contribution in [3.63, 3.8) is 0 Å². The van der Waals surface area contributed by atoms with Gasteiger partial charge >= 0.3 is 0 Å². The van der Waals surface area contributed by atoms with Crippen molar-refractivity contribution in [2.75, 3.05) is 11.4 Å². The second-order valence-corrected chi connectivity index (χ2v) is 6.23. The number of hydrogen-bond donors (Lipinski definition) is 0. The van der Waals surface area contributed by atoms with Crippen LogP contribution in [0.4, 0.5) is 11.4 Å². The summed E-state index contributed by atoms with van der Waals surface area (Å²) in [5.74, 6) is 0.824. The molecule has 0 amide bonds. The van der Waals surface area contributed by atoms with E-state index < -0.39 is 4.92 Å². The van der Waals surface area contributed by atoms with Gasteiger partial charge in [0.25, 0.3) is 5.69 Å². The summed E-state index contributed by atoms with van der Waals surface area (Å²) < 4.78 is 0. The average molecular weight is 290 g/mol. The zero-order valence-electron chi connectivity index (χ0n) is 13.0. The van der Waals surface area contributed by atoms with E-state index in [-0.39, 0.29) is 17.0 Å². The van der Waals surface area contributed by atoms with Crippen LogP contribution in [-0.4, -0.2) is 23.3 Å². The number of nitro benzene ring substituents is 1. The molecule has 114 valence electrons. The van der Waals surface area contributed by atoms with Crippen molar-refractivity contribution < 1.29 is 9.72 Å². The zero-order chi connectivity index (χ0) is 15.7. The molecule has 1 aliphatic rings. The summed E-state index contributed by atoms with van der Waals surface area (Å²) in [4.78, 5) is 24.5. The molecule has 1 aromatic rings. The number of nitro groups is 1. The first-order chi connectivity index (χ1) is 9.81. The predicted molar refractivity (Wildman–Crippen MR) is 82.9 cm³/mol. The van der Waals surface area contributed by atoms with Gasteiger partial charge in [-0.1, -0.05) is 13.8 Å². The molecule has 1 aromatic carbocycles. The number of benzene rings is 1. The Kier molecular flexibility index (Phi) is 4.30. The van der Waals surface area contributed by atoms with Crippen LogP contribution in [0.2, 0.25) is 0 Å². The van der Waals surface area contributed by atoms with Gasteiger partial charge in [0.2, 0.25) is 0 Å². The fourth-order valence-corrected chi connectivity index (χ4v) is 3.20. The fourth-order valence-electron chi connectivity index (χ4n) is 3.20. The van der Waals surface area contributed by atoms with E-state index in [1.165, 1.54) is 19.4 Å². The zero-order valence-corrected chi connectivity index (χ0v) is 13.0. The number of anilines is 1. The minimum Gasteiger partial charge on any atom is -0.368 e. The molecule has 1 fully saturated rings. The summed E-state index contributed by atoms with van der Waals surface area (Å²) >= 11 is 0. The highest BCUT2D eigenvalue weighted by atomic mass is 16.6. The van der Waals surface area contributed by atoms with E-state index in [2.05, 4.69) is 25.7 Å². The number of Topliss-reactive ketones (excluding diaryl/α,β-unsaturated/α-hetero) is 1. The molecule has 3 atom stereocenters. The quantitative estimate of drug-likeness (QED) is 0.484. The third-order valence-electron chi connectivity index (χ3n) is 4.49. The van der Waals surface area contributed by atoms with Crippen LogP contribution in [0.15, 0.2) is 18.2 Å². The monoisotopic (exact) mass is 290 g/mol. The van der Waals surface area contributed by atoms with Crippen LogP contribution in [0, 0.1) is 22.0 Å². The molecule has 0 aliphatic carbocycles. The van der Waals surface area contributed by atoms with Crippen LogP contribution in [-0.2, 0) is 0 Å². The highest BCUT2D eigenvalue weighted by molar-refractivity contribution is 5.98. The largest absolute Gasteiger partial charge is 0.368 e. The number of nitrogens with zero attached hydrogens (tertiary/aromatic N) is 2. The molecule has 0 bridgehead atoms. The van der Waals surface area contributed by atoms with Crippen molar-refractivity contribution in [3.05, 3.63) is 33.9 Å². The Morgan fingerprint density at radius 1 is 1.33 bits per heavy atom. The molecular formula is C16H22N2O3. The Morgan fingerprint density at radius 2 is 2.00 bits per heavy atom. The molecule has 0 saturated carbocycles. The lowest BCUT2D eigenvalue weighted by atomic mass is 9.85. The van der Waals surface area contributed by atoms with Crippen molar-refractivity contribution in [3.8, 4) is 0 Å². The minimum absolute atomic E-state index is 0.0990. The number of carbonyl (C=O) groups is 1. The molecule has 0 spiro atoms. The standard InChI is InChI=1S/C16H22N2O3/c1-10-7-11(2)12(3)17(9-10)14-5-6-15(13(4)19)16(8-14)18(20)21/h5-6,8,10-12H,7,9H2,1-4H3. The van der Waals surface area contributed by atoms with E-state index in [4.69, 9.17) is 0 Å². The van der Waals surface area contributed by atoms with E-state index in [1.54, 1.807) is 6.07 Å². The van der Waals surface area contributed by atoms with E-state index >= 15 is 0 Å². The summed E-state index contributed by atoms with van der Waals surface area (Å²) in [6, 6.07) is 5.28. The van der Waals surface area contributed by atoms with Crippen LogP contribution in [0.1, 0.15) is 44.5 Å². The molecule has 2 rings (SSSR count). The number of rotatable bonds is 3. The molecule has 0 aromatic heterocycles. The Labute approximate surface area is 125 Å². The van der Waals surface area contributed by atoms with Crippen molar-refractivity contribution in [2.45, 2.75) is 40.2 Å². The average Bonchev–Trinajstić information content (AvgIpc) is 2.42. The first-order valence-electron chi connectivity index (χ1n) is 7.37.